The quantitative estimate of drug-likeness (QED) is 0.439. The van der Waals surface area contributed by atoms with Crippen LogP contribution < -0.4 is 0 Å². The lowest BCUT2D eigenvalue weighted by Crippen LogP contribution is -2.24. The minimum absolute atomic E-state index is 0.830. The molecule has 0 fully saturated rings. The first kappa shape index (κ1) is 11.5. The van der Waals surface area contributed by atoms with E-state index < -0.39 is 8.07 Å². The van der Waals surface area contributed by atoms with Crippen molar-refractivity contribution in [3.05, 3.63) is 0 Å². The molecule has 0 saturated heterocycles. The highest BCUT2D eigenvalue weighted by Crippen LogP contribution is 2.20. The zero-order valence-corrected chi connectivity index (χ0v) is 9.88. The zero-order valence-electron chi connectivity index (χ0n) is 8.12. The molecule has 0 aliphatic carbocycles. The Kier molecular flexibility index (Phi) is 6.35. The van der Waals surface area contributed by atoms with Gasteiger partial charge >= 0.3 is 0 Å². The van der Waals surface area contributed by atoms with Gasteiger partial charge in [-0.2, -0.15) is 0 Å². The largest absolute Gasteiger partial charge is 0.127 e. The first-order chi connectivity index (χ1) is 5.12. The van der Waals surface area contributed by atoms with E-state index in [2.05, 4.69) is 20.0 Å². The van der Waals surface area contributed by atoms with Crippen LogP contribution >= 0.6 is 11.6 Å². The molecule has 0 amide bonds. The Morgan fingerprint density at radius 1 is 1.09 bits per heavy atom. The average molecular weight is 193 g/mol. The monoisotopic (exact) mass is 192 g/mol. The Balaban J connectivity index is 3.43. The molecule has 0 bridgehead atoms. The summed E-state index contributed by atoms with van der Waals surface area (Å²) in [7, 11) is -0.830. The molecule has 0 aliphatic rings. The number of alkyl halides is 1. The summed E-state index contributed by atoms with van der Waals surface area (Å²) in [4.78, 5) is 0. The molecule has 0 unspecified atom stereocenters. The van der Waals surface area contributed by atoms with Crippen LogP contribution in [0.5, 0.6) is 0 Å². The summed E-state index contributed by atoms with van der Waals surface area (Å²) in [5.41, 5.74) is 0. The second kappa shape index (κ2) is 6.07. The fourth-order valence-electron chi connectivity index (χ4n) is 1.33. The normalized spacial score (nSPS) is 12.0. The van der Waals surface area contributed by atoms with Crippen molar-refractivity contribution in [2.45, 2.75) is 51.4 Å². The molecular weight excluding hydrogens is 172 g/mol. The van der Waals surface area contributed by atoms with E-state index in [4.69, 9.17) is 11.6 Å². The fraction of sp³-hybridized carbons (Fsp3) is 1.00. The maximum absolute atomic E-state index is 5.66. The van der Waals surface area contributed by atoms with Crippen molar-refractivity contribution in [2.75, 3.05) is 5.88 Å². The van der Waals surface area contributed by atoms with Crippen LogP contribution in [-0.4, -0.2) is 14.0 Å². The van der Waals surface area contributed by atoms with Crippen LogP contribution in [-0.2, 0) is 0 Å². The number of hydrogen-bond acceptors (Lipinski definition) is 0. The minimum Gasteiger partial charge on any atom is -0.127 e. The Hall–Kier alpha value is 0.507. The van der Waals surface area contributed by atoms with Gasteiger partial charge in [-0.05, 0) is 6.42 Å². The molecule has 11 heavy (non-hydrogen) atoms. The van der Waals surface area contributed by atoms with E-state index in [-0.39, 0.29) is 0 Å². The van der Waals surface area contributed by atoms with E-state index in [1.54, 1.807) is 0 Å². The van der Waals surface area contributed by atoms with Gasteiger partial charge in [0.15, 0.2) is 0 Å². The number of rotatable bonds is 6. The van der Waals surface area contributed by atoms with Gasteiger partial charge in [0, 0.05) is 14.0 Å². The Labute approximate surface area is 77.3 Å². The third-order valence-electron chi connectivity index (χ3n) is 2.19. The van der Waals surface area contributed by atoms with Crippen molar-refractivity contribution in [2.24, 2.45) is 0 Å². The molecule has 0 radical (unpaired) electrons. The molecule has 0 aliphatic heterocycles. The van der Waals surface area contributed by atoms with Gasteiger partial charge in [0.1, 0.15) is 0 Å². The highest BCUT2D eigenvalue weighted by molar-refractivity contribution is 6.77. The molecule has 2 heteroatoms. The van der Waals surface area contributed by atoms with E-state index in [0.29, 0.717) is 0 Å². The summed E-state index contributed by atoms with van der Waals surface area (Å²) < 4.78 is 0. The summed E-state index contributed by atoms with van der Waals surface area (Å²) in [5.74, 6) is 0.850. The van der Waals surface area contributed by atoms with Gasteiger partial charge in [-0.15, -0.1) is 11.6 Å². The first-order valence-corrected chi connectivity index (χ1v) is 8.63. The predicted molar refractivity (Wildman–Crippen MR) is 57.3 cm³/mol. The lowest BCUT2D eigenvalue weighted by atomic mass is 10.4. The van der Waals surface area contributed by atoms with Crippen molar-refractivity contribution < 1.29 is 0 Å². The van der Waals surface area contributed by atoms with Gasteiger partial charge in [-0.1, -0.05) is 44.9 Å². The molecular formula is C9H21ClSi. The summed E-state index contributed by atoms with van der Waals surface area (Å²) in [5, 5.41) is 0. The molecule has 0 N–H and O–H groups in total. The van der Waals surface area contributed by atoms with Crippen molar-refractivity contribution in [3.8, 4) is 0 Å². The van der Waals surface area contributed by atoms with Gasteiger partial charge < -0.3 is 0 Å². The standard InChI is InChI=1S/C9H21ClSi/c1-4-5-8-11(2,3)9-6-7-10/h4-9H2,1-3H3. The maximum atomic E-state index is 5.66. The van der Waals surface area contributed by atoms with Crippen molar-refractivity contribution in [1.82, 2.24) is 0 Å². The highest BCUT2D eigenvalue weighted by atomic mass is 35.5. The number of hydrogen-bond donors (Lipinski definition) is 0. The molecule has 0 aromatic heterocycles. The predicted octanol–water partition coefficient (Wildman–Crippen LogP) is 4.12. The third-order valence-corrected chi connectivity index (χ3v) is 5.88. The third kappa shape index (κ3) is 6.89. The number of unbranched alkanes of at least 4 members (excludes halogenated alkanes) is 1. The lowest BCUT2D eigenvalue weighted by Gasteiger charge is -2.21. The fourth-order valence-corrected chi connectivity index (χ4v) is 4.38. The molecule has 0 atom stereocenters. The van der Waals surface area contributed by atoms with Crippen LogP contribution in [0.1, 0.15) is 26.2 Å². The van der Waals surface area contributed by atoms with Crippen molar-refractivity contribution in [3.63, 3.8) is 0 Å². The van der Waals surface area contributed by atoms with Gasteiger partial charge in [0.25, 0.3) is 0 Å². The van der Waals surface area contributed by atoms with Gasteiger partial charge in [-0.25, -0.2) is 0 Å². The Morgan fingerprint density at radius 2 is 1.64 bits per heavy atom. The Morgan fingerprint density at radius 3 is 2.09 bits per heavy atom. The van der Waals surface area contributed by atoms with E-state index in [1.165, 1.54) is 31.4 Å². The van der Waals surface area contributed by atoms with E-state index in [0.717, 1.165) is 5.88 Å². The maximum Gasteiger partial charge on any atom is 0.0474 e. The molecule has 0 spiro atoms. The molecule has 0 aromatic rings. The van der Waals surface area contributed by atoms with E-state index in [1.807, 2.05) is 0 Å². The van der Waals surface area contributed by atoms with Crippen LogP contribution in [0.2, 0.25) is 25.2 Å². The summed E-state index contributed by atoms with van der Waals surface area (Å²) >= 11 is 5.66. The van der Waals surface area contributed by atoms with Crippen LogP contribution in [0.3, 0.4) is 0 Å². The topological polar surface area (TPSA) is 0 Å². The Bertz CT molecular complexity index is 81.6. The van der Waals surface area contributed by atoms with Gasteiger partial charge in [0.05, 0.1) is 0 Å². The van der Waals surface area contributed by atoms with Crippen molar-refractivity contribution in [1.29, 1.82) is 0 Å². The number of halogens is 1. The minimum atomic E-state index is -0.830. The second-order valence-corrected chi connectivity index (χ2v) is 9.77. The summed E-state index contributed by atoms with van der Waals surface area (Å²) in [6, 6.07) is 2.90. The second-order valence-electron chi connectivity index (χ2n) is 4.06. The van der Waals surface area contributed by atoms with Gasteiger partial charge in [0.2, 0.25) is 0 Å². The van der Waals surface area contributed by atoms with Crippen LogP contribution in [0, 0.1) is 0 Å². The molecule has 0 heterocycles. The molecule has 0 nitrogen and oxygen atoms in total. The van der Waals surface area contributed by atoms with Crippen LogP contribution in [0.4, 0.5) is 0 Å². The lowest BCUT2D eigenvalue weighted by molar-refractivity contribution is 0.858. The molecule has 0 aromatic carbocycles. The molecule has 0 saturated carbocycles. The SMILES string of the molecule is CCCC[Si](C)(C)CCCCl. The molecule has 0 rings (SSSR count). The van der Waals surface area contributed by atoms with Gasteiger partial charge in [-0.3, -0.25) is 0 Å². The smallest absolute Gasteiger partial charge is 0.0474 e. The summed E-state index contributed by atoms with van der Waals surface area (Å²) in [6.45, 7) is 7.23. The summed E-state index contributed by atoms with van der Waals surface area (Å²) in [6.07, 6.45) is 3.99. The first-order valence-electron chi connectivity index (χ1n) is 4.68. The average Bonchev–Trinajstić information content (AvgIpc) is 1.97. The van der Waals surface area contributed by atoms with Crippen molar-refractivity contribution >= 4 is 19.7 Å². The van der Waals surface area contributed by atoms with Crippen LogP contribution in [0.25, 0.3) is 0 Å². The van der Waals surface area contributed by atoms with Crippen LogP contribution in [0.15, 0.2) is 0 Å². The molecule has 68 valence electrons. The highest BCUT2D eigenvalue weighted by Gasteiger charge is 2.18. The van der Waals surface area contributed by atoms with E-state index >= 15 is 0 Å². The zero-order chi connectivity index (χ0) is 8.74. The van der Waals surface area contributed by atoms with E-state index in [9.17, 15) is 0 Å².